The van der Waals surface area contributed by atoms with Gasteiger partial charge >= 0.3 is 0 Å². The summed E-state index contributed by atoms with van der Waals surface area (Å²) in [5.74, 6) is -0.288. The van der Waals surface area contributed by atoms with Gasteiger partial charge in [-0.2, -0.15) is 0 Å². The smallest absolute Gasteiger partial charge is 0.246 e. The van der Waals surface area contributed by atoms with Crippen LogP contribution in [0.4, 0.5) is 0 Å². The van der Waals surface area contributed by atoms with Crippen LogP contribution in [0.3, 0.4) is 0 Å². The van der Waals surface area contributed by atoms with E-state index in [9.17, 15) is 24.6 Å². The third-order valence-corrected chi connectivity index (χ3v) is 7.22. The molecule has 2 aliphatic heterocycles. The molecule has 2 unspecified atom stereocenters. The number of carbonyl (C=O) groups is 3. The maximum absolute atomic E-state index is 13.4. The highest BCUT2D eigenvalue weighted by atomic mass is 16.3. The highest BCUT2D eigenvalue weighted by Crippen LogP contribution is 2.26. The minimum absolute atomic E-state index is 0.0584. The molecule has 2 rings (SSSR count). The number of carbonyl (C=O) groups excluding carboxylic acids is 3. The zero-order chi connectivity index (χ0) is 24.8. The molecule has 0 aromatic rings. The maximum atomic E-state index is 13.4. The number of aliphatic hydroxyl groups excluding tert-OH is 2. The molecule has 8 nitrogen and oxygen atoms in total. The SMILES string of the molecule is CCCCCCCCCCCC(=O)N1CCCC1C(=O)N1CCCC1C(=O)N(CCO)CCO. The summed E-state index contributed by atoms with van der Waals surface area (Å²) in [6, 6.07) is -1.04. The second-order valence-corrected chi connectivity index (χ2v) is 9.79. The number of aliphatic hydroxyl groups is 2. The highest BCUT2D eigenvalue weighted by Gasteiger charge is 2.42. The Morgan fingerprint density at radius 1 is 0.765 bits per heavy atom. The molecule has 2 atom stereocenters. The molecule has 0 aromatic carbocycles. The molecule has 0 bridgehead atoms. The van der Waals surface area contributed by atoms with Gasteiger partial charge in [0, 0.05) is 32.6 Å². The lowest BCUT2D eigenvalue weighted by Crippen LogP contribution is -2.54. The van der Waals surface area contributed by atoms with Crippen LogP contribution in [-0.4, -0.2) is 94.1 Å². The number of nitrogens with zero attached hydrogens (tertiary/aromatic N) is 3. The Morgan fingerprint density at radius 3 is 1.88 bits per heavy atom. The van der Waals surface area contributed by atoms with Gasteiger partial charge in [-0.1, -0.05) is 58.3 Å². The maximum Gasteiger partial charge on any atom is 0.246 e. The predicted octanol–water partition coefficient (Wildman–Crippen LogP) is 2.70. The van der Waals surface area contributed by atoms with Crippen LogP contribution in [0.15, 0.2) is 0 Å². The average Bonchev–Trinajstić information content (AvgIpc) is 3.52. The van der Waals surface area contributed by atoms with E-state index in [0.29, 0.717) is 32.4 Å². The van der Waals surface area contributed by atoms with E-state index in [4.69, 9.17) is 0 Å². The van der Waals surface area contributed by atoms with E-state index in [1.54, 1.807) is 9.80 Å². The fourth-order valence-electron chi connectivity index (χ4n) is 5.32. The van der Waals surface area contributed by atoms with Gasteiger partial charge < -0.3 is 24.9 Å². The van der Waals surface area contributed by atoms with E-state index in [-0.39, 0.29) is 44.0 Å². The van der Waals surface area contributed by atoms with E-state index < -0.39 is 12.1 Å². The van der Waals surface area contributed by atoms with E-state index in [1.165, 1.54) is 43.4 Å². The monoisotopic (exact) mass is 481 g/mol. The summed E-state index contributed by atoms with van der Waals surface area (Å²) >= 11 is 0. The number of hydrogen-bond donors (Lipinski definition) is 2. The lowest BCUT2D eigenvalue weighted by Gasteiger charge is -2.33. The third kappa shape index (κ3) is 8.52. The number of unbranched alkanes of at least 4 members (excludes halogenated alkanes) is 8. The van der Waals surface area contributed by atoms with Crippen LogP contribution in [0, 0.1) is 0 Å². The summed E-state index contributed by atoms with van der Waals surface area (Å²) in [6.07, 6.45) is 14.1. The average molecular weight is 482 g/mol. The normalized spacial score (nSPS) is 20.2. The van der Waals surface area contributed by atoms with Gasteiger partial charge in [-0.15, -0.1) is 0 Å². The van der Waals surface area contributed by atoms with Crippen molar-refractivity contribution in [1.29, 1.82) is 0 Å². The topological polar surface area (TPSA) is 101 Å². The van der Waals surface area contributed by atoms with Gasteiger partial charge in [-0.3, -0.25) is 14.4 Å². The van der Waals surface area contributed by atoms with Crippen molar-refractivity contribution in [3.05, 3.63) is 0 Å². The zero-order valence-electron chi connectivity index (χ0n) is 21.3. The molecule has 8 heteroatoms. The lowest BCUT2D eigenvalue weighted by molar-refractivity contribution is -0.149. The molecule has 0 aliphatic carbocycles. The van der Waals surface area contributed by atoms with Gasteiger partial charge in [0.05, 0.1) is 13.2 Å². The van der Waals surface area contributed by atoms with Crippen molar-refractivity contribution < 1.29 is 24.6 Å². The molecule has 2 saturated heterocycles. The van der Waals surface area contributed by atoms with E-state index in [1.807, 2.05) is 0 Å². The van der Waals surface area contributed by atoms with Crippen molar-refractivity contribution in [3.63, 3.8) is 0 Å². The Balaban J connectivity index is 1.82. The van der Waals surface area contributed by atoms with Crippen LogP contribution in [0.25, 0.3) is 0 Å². The van der Waals surface area contributed by atoms with Crippen LogP contribution < -0.4 is 0 Å². The Kier molecular flexibility index (Phi) is 13.5. The Hall–Kier alpha value is -1.67. The third-order valence-electron chi connectivity index (χ3n) is 7.22. The van der Waals surface area contributed by atoms with Gasteiger partial charge in [-0.05, 0) is 32.1 Å². The van der Waals surface area contributed by atoms with Gasteiger partial charge in [-0.25, -0.2) is 0 Å². The van der Waals surface area contributed by atoms with E-state index in [2.05, 4.69) is 6.92 Å². The van der Waals surface area contributed by atoms with Crippen LogP contribution in [-0.2, 0) is 14.4 Å². The van der Waals surface area contributed by atoms with Crippen molar-refractivity contribution in [2.75, 3.05) is 39.4 Å². The van der Waals surface area contributed by atoms with Crippen molar-refractivity contribution in [1.82, 2.24) is 14.7 Å². The Labute approximate surface area is 205 Å². The molecular formula is C26H47N3O5. The first-order chi connectivity index (χ1) is 16.5. The summed E-state index contributed by atoms with van der Waals surface area (Å²) in [5.41, 5.74) is 0. The summed E-state index contributed by atoms with van der Waals surface area (Å²) in [5, 5.41) is 18.5. The predicted molar refractivity (Wildman–Crippen MR) is 132 cm³/mol. The molecule has 0 saturated carbocycles. The first kappa shape index (κ1) is 28.6. The van der Waals surface area contributed by atoms with Gasteiger partial charge in [0.25, 0.3) is 0 Å². The summed E-state index contributed by atoms with van der Waals surface area (Å²) in [4.78, 5) is 44.1. The zero-order valence-corrected chi connectivity index (χ0v) is 21.3. The number of likely N-dealkylation sites (tertiary alicyclic amines) is 2. The first-order valence-corrected chi connectivity index (χ1v) is 13.7. The molecular weight excluding hydrogens is 434 g/mol. The Bertz CT molecular complexity index is 624. The molecule has 2 aliphatic rings. The van der Waals surface area contributed by atoms with E-state index in [0.717, 1.165) is 32.1 Å². The van der Waals surface area contributed by atoms with Crippen molar-refractivity contribution in [2.24, 2.45) is 0 Å². The van der Waals surface area contributed by atoms with E-state index >= 15 is 0 Å². The van der Waals surface area contributed by atoms with Crippen molar-refractivity contribution in [2.45, 2.75) is 109 Å². The molecule has 196 valence electrons. The molecule has 0 spiro atoms. The van der Waals surface area contributed by atoms with Crippen LogP contribution in [0.5, 0.6) is 0 Å². The number of hydrogen-bond acceptors (Lipinski definition) is 5. The fourth-order valence-corrected chi connectivity index (χ4v) is 5.32. The molecule has 2 N–H and O–H groups in total. The van der Waals surface area contributed by atoms with Crippen LogP contribution in [0.1, 0.15) is 96.8 Å². The largest absolute Gasteiger partial charge is 0.395 e. The number of rotatable bonds is 16. The Morgan fingerprint density at radius 2 is 1.29 bits per heavy atom. The second-order valence-electron chi connectivity index (χ2n) is 9.79. The molecule has 2 fully saturated rings. The molecule has 0 aromatic heterocycles. The summed E-state index contributed by atoms with van der Waals surface area (Å²) in [7, 11) is 0. The summed E-state index contributed by atoms with van der Waals surface area (Å²) in [6.45, 7) is 3.27. The molecule has 3 amide bonds. The number of amides is 3. The highest BCUT2D eigenvalue weighted by molar-refractivity contribution is 5.93. The van der Waals surface area contributed by atoms with Gasteiger partial charge in [0.15, 0.2) is 0 Å². The standard InChI is InChI=1S/C26H47N3O5/c1-2-3-4-5-6-7-8-9-10-15-24(32)28-16-11-14-23(28)26(34)29-17-12-13-22(29)25(33)27(18-20-30)19-21-31/h22-23,30-31H,2-21H2,1H3. The lowest BCUT2D eigenvalue weighted by atomic mass is 10.1. The molecule has 0 radical (unpaired) electrons. The minimum Gasteiger partial charge on any atom is -0.395 e. The molecule has 34 heavy (non-hydrogen) atoms. The minimum atomic E-state index is -0.569. The molecule has 2 heterocycles. The quantitative estimate of drug-likeness (QED) is 0.330. The summed E-state index contributed by atoms with van der Waals surface area (Å²) < 4.78 is 0. The van der Waals surface area contributed by atoms with Gasteiger partial charge in [0.2, 0.25) is 17.7 Å². The van der Waals surface area contributed by atoms with Crippen LogP contribution >= 0.6 is 0 Å². The first-order valence-electron chi connectivity index (χ1n) is 13.7. The van der Waals surface area contributed by atoms with Crippen LogP contribution in [0.2, 0.25) is 0 Å². The van der Waals surface area contributed by atoms with Crippen molar-refractivity contribution in [3.8, 4) is 0 Å². The second kappa shape index (κ2) is 16.1. The fraction of sp³-hybridized carbons (Fsp3) is 0.885. The van der Waals surface area contributed by atoms with Gasteiger partial charge in [0.1, 0.15) is 12.1 Å². The van der Waals surface area contributed by atoms with Crippen molar-refractivity contribution >= 4 is 17.7 Å².